The summed E-state index contributed by atoms with van der Waals surface area (Å²) >= 11 is 0. The lowest BCUT2D eigenvalue weighted by Gasteiger charge is -2.30. The summed E-state index contributed by atoms with van der Waals surface area (Å²) in [6, 6.07) is 6.47. The summed E-state index contributed by atoms with van der Waals surface area (Å²) in [4.78, 5) is 0. The van der Waals surface area contributed by atoms with Crippen LogP contribution in [-0.4, -0.2) is 24.4 Å². The zero-order chi connectivity index (χ0) is 11.6. The number of ether oxygens (including phenoxy) is 1. The Kier molecular flexibility index (Phi) is 3.26. The molecule has 1 saturated heterocycles. The van der Waals surface area contributed by atoms with Crippen molar-refractivity contribution in [1.29, 1.82) is 0 Å². The first-order valence-electron chi connectivity index (χ1n) is 5.63. The predicted molar refractivity (Wildman–Crippen MR) is 59.7 cm³/mol. The molecule has 0 aromatic heterocycles. The molecule has 1 heterocycles. The van der Waals surface area contributed by atoms with Gasteiger partial charge in [-0.3, -0.25) is 0 Å². The maximum atomic E-state index is 12.8. The van der Waals surface area contributed by atoms with Crippen LogP contribution in [0.15, 0.2) is 24.3 Å². The van der Waals surface area contributed by atoms with E-state index in [4.69, 9.17) is 4.74 Å². The predicted octanol–water partition coefficient (Wildman–Crippen LogP) is 2.16. The third-order valence-corrected chi connectivity index (χ3v) is 3.61. The minimum atomic E-state index is -0.225. The van der Waals surface area contributed by atoms with Crippen LogP contribution in [0.3, 0.4) is 0 Å². The van der Waals surface area contributed by atoms with Crippen LogP contribution in [0.2, 0.25) is 0 Å². The van der Waals surface area contributed by atoms with Crippen molar-refractivity contribution in [2.45, 2.75) is 25.9 Å². The summed E-state index contributed by atoms with van der Waals surface area (Å²) < 4.78 is 18.3. The van der Waals surface area contributed by atoms with Gasteiger partial charge >= 0.3 is 0 Å². The zero-order valence-corrected chi connectivity index (χ0v) is 9.45. The summed E-state index contributed by atoms with van der Waals surface area (Å²) in [5, 5.41) is 9.55. The van der Waals surface area contributed by atoms with Crippen molar-refractivity contribution >= 4 is 0 Å². The highest BCUT2D eigenvalue weighted by molar-refractivity contribution is 5.18. The molecule has 0 spiro atoms. The minimum absolute atomic E-state index is 0.0579. The zero-order valence-electron chi connectivity index (χ0n) is 9.45. The van der Waals surface area contributed by atoms with Crippen LogP contribution >= 0.6 is 0 Å². The third-order valence-electron chi connectivity index (χ3n) is 3.61. The fourth-order valence-corrected chi connectivity index (χ4v) is 2.32. The number of aliphatic hydroxyl groups excluding tert-OH is 1. The lowest BCUT2D eigenvalue weighted by molar-refractivity contribution is 0.0272. The fraction of sp³-hybridized carbons (Fsp3) is 0.538. The first-order valence-corrected chi connectivity index (χ1v) is 5.63. The normalized spacial score (nSPS) is 29.6. The smallest absolute Gasteiger partial charge is 0.123 e. The first-order chi connectivity index (χ1) is 7.66. The molecule has 2 unspecified atom stereocenters. The van der Waals surface area contributed by atoms with E-state index in [-0.39, 0.29) is 23.9 Å². The van der Waals surface area contributed by atoms with Crippen molar-refractivity contribution in [3.05, 3.63) is 35.6 Å². The summed E-state index contributed by atoms with van der Waals surface area (Å²) in [7, 11) is 0. The van der Waals surface area contributed by atoms with Crippen molar-refractivity contribution in [2.75, 3.05) is 13.2 Å². The molecule has 1 aliphatic heterocycles. The molecule has 0 bridgehead atoms. The van der Waals surface area contributed by atoms with Crippen LogP contribution in [-0.2, 0) is 11.2 Å². The van der Waals surface area contributed by atoms with Gasteiger partial charge in [-0.05, 0) is 37.5 Å². The van der Waals surface area contributed by atoms with Crippen molar-refractivity contribution in [3.8, 4) is 0 Å². The molecule has 0 aliphatic carbocycles. The van der Waals surface area contributed by atoms with E-state index in [0.717, 1.165) is 18.4 Å². The van der Waals surface area contributed by atoms with Gasteiger partial charge in [0.05, 0.1) is 12.7 Å². The number of aliphatic hydroxyl groups is 1. The molecule has 88 valence electrons. The van der Waals surface area contributed by atoms with Crippen molar-refractivity contribution in [1.82, 2.24) is 0 Å². The topological polar surface area (TPSA) is 29.5 Å². The van der Waals surface area contributed by atoms with Gasteiger partial charge in [-0.2, -0.15) is 0 Å². The van der Waals surface area contributed by atoms with Gasteiger partial charge in [-0.25, -0.2) is 4.39 Å². The minimum Gasteiger partial charge on any atom is -0.396 e. The number of benzene rings is 1. The summed E-state index contributed by atoms with van der Waals surface area (Å²) in [5.74, 6) is -0.225. The standard InChI is InChI=1S/C13H17FO2/c1-10-13(9-15,6-7-16-10)8-11-2-4-12(14)5-3-11/h2-5,10,15H,6-9H2,1H3. The molecule has 0 radical (unpaired) electrons. The Labute approximate surface area is 95.1 Å². The summed E-state index contributed by atoms with van der Waals surface area (Å²) in [5.41, 5.74) is 0.852. The Hall–Kier alpha value is -0.930. The van der Waals surface area contributed by atoms with E-state index in [2.05, 4.69) is 0 Å². The van der Waals surface area contributed by atoms with E-state index in [1.165, 1.54) is 12.1 Å². The number of halogens is 1. The Morgan fingerprint density at radius 3 is 2.62 bits per heavy atom. The highest BCUT2D eigenvalue weighted by atomic mass is 19.1. The highest BCUT2D eigenvalue weighted by Gasteiger charge is 2.40. The average molecular weight is 224 g/mol. The molecule has 3 heteroatoms. The quantitative estimate of drug-likeness (QED) is 0.852. The maximum Gasteiger partial charge on any atom is 0.123 e. The second-order valence-electron chi connectivity index (χ2n) is 4.59. The second kappa shape index (κ2) is 4.52. The highest BCUT2D eigenvalue weighted by Crippen LogP contribution is 2.37. The van der Waals surface area contributed by atoms with Crippen molar-refractivity contribution in [3.63, 3.8) is 0 Å². The molecule has 1 aromatic rings. The SMILES string of the molecule is CC1OCCC1(CO)Cc1ccc(F)cc1. The van der Waals surface area contributed by atoms with E-state index < -0.39 is 0 Å². The second-order valence-corrected chi connectivity index (χ2v) is 4.59. The number of rotatable bonds is 3. The van der Waals surface area contributed by atoms with Crippen LogP contribution in [0.4, 0.5) is 4.39 Å². The molecule has 2 atom stereocenters. The Balaban J connectivity index is 2.15. The van der Waals surface area contributed by atoms with Gasteiger partial charge in [0, 0.05) is 12.0 Å². The van der Waals surface area contributed by atoms with Gasteiger partial charge in [-0.1, -0.05) is 12.1 Å². The Morgan fingerprint density at radius 2 is 2.12 bits per heavy atom. The lowest BCUT2D eigenvalue weighted by atomic mass is 9.77. The third kappa shape index (κ3) is 2.11. The largest absolute Gasteiger partial charge is 0.396 e. The summed E-state index contributed by atoms with van der Waals surface area (Å²) in [6.07, 6.45) is 1.66. The molecule has 2 rings (SSSR count). The van der Waals surface area contributed by atoms with Crippen LogP contribution in [0.5, 0.6) is 0 Å². The van der Waals surface area contributed by atoms with Crippen LogP contribution in [0, 0.1) is 11.2 Å². The van der Waals surface area contributed by atoms with E-state index in [0.29, 0.717) is 6.61 Å². The van der Waals surface area contributed by atoms with Crippen molar-refractivity contribution < 1.29 is 14.2 Å². The van der Waals surface area contributed by atoms with E-state index in [1.54, 1.807) is 12.1 Å². The Bertz CT molecular complexity index is 349. The molecular formula is C13H17FO2. The van der Waals surface area contributed by atoms with Crippen LogP contribution in [0.25, 0.3) is 0 Å². The van der Waals surface area contributed by atoms with Crippen LogP contribution in [0.1, 0.15) is 18.9 Å². The molecular weight excluding hydrogens is 207 g/mol. The van der Waals surface area contributed by atoms with Crippen molar-refractivity contribution in [2.24, 2.45) is 5.41 Å². The lowest BCUT2D eigenvalue weighted by Crippen LogP contribution is -2.35. The van der Waals surface area contributed by atoms with E-state index in [1.807, 2.05) is 6.92 Å². The molecule has 16 heavy (non-hydrogen) atoms. The Morgan fingerprint density at radius 1 is 1.44 bits per heavy atom. The fourth-order valence-electron chi connectivity index (χ4n) is 2.32. The average Bonchev–Trinajstić information content (AvgIpc) is 2.64. The number of hydrogen-bond donors (Lipinski definition) is 1. The van der Waals surface area contributed by atoms with Gasteiger partial charge in [0.1, 0.15) is 5.82 Å². The molecule has 0 saturated carbocycles. The maximum absolute atomic E-state index is 12.8. The van der Waals surface area contributed by atoms with E-state index >= 15 is 0 Å². The van der Waals surface area contributed by atoms with Gasteiger partial charge in [-0.15, -0.1) is 0 Å². The van der Waals surface area contributed by atoms with Gasteiger partial charge in [0.15, 0.2) is 0 Å². The van der Waals surface area contributed by atoms with Gasteiger partial charge in [0.2, 0.25) is 0 Å². The van der Waals surface area contributed by atoms with Gasteiger partial charge in [0.25, 0.3) is 0 Å². The molecule has 1 aliphatic rings. The molecule has 0 amide bonds. The van der Waals surface area contributed by atoms with Gasteiger partial charge < -0.3 is 9.84 Å². The number of hydrogen-bond acceptors (Lipinski definition) is 2. The first kappa shape index (κ1) is 11.6. The monoisotopic (exact) mass is 224 g/mol. The molecule has 2 nitrogen and oxygen atoms in total. The molecule has 1 N–H and O–H groups in total. The molecule has 1 fully saturated rings. The van der Waals surface area contributed by atoms with E-state index in [9.17, 15) is 9.50 Å². The molecule has 1 aromatic carbocycles. The van der Waals surface area contributed by atoms with Crippen LogP contribution < -0.4 is 0 Å². The summed E-state index contributed by atoms with van der Waals surface area (Å²) in [6.45, 7) is 2.81.